The molecule has 0 amide bonds. The van der Waals surface area contributed by atoms with Crippen LogP contribution in [0.25, 0.3) is 0 Å². The number of hydrogen-bond acceptors (Lipinski definition) is 2. The molecule has 1 saturated carbocycles. The van der Waals surface area contributed by atoms with Gasteiger partial charge in [-0.25, -0.2) is 0 Å². The van der Waals surface area contributed by atoms with Crippen molar-refractivity contribution < 1.29 is 9.90 Å². The minimum absolute atomic E-state index is 0.0382. The lowest BCUT2D eigenvalue weighted by molar-refractivity contribution is -0.137. The van der Waals surface area contributed by atoms with Gasteiger partial charge in [-0.3, -0.25) is 4.79 Å². The summed E-state index contributed by atoms with van der Waals surface area (Å²) in [5.41, 5.74) is -0.612. The average molecular weight is 190 g/mol. The van der Waals surface area contributed by atoms with Gasteiger partial charge < -0.3 is 5.11 Å². The normalized spacial score (nSPS) is 20.1. The highest BCUT2D eigenvalue weighted by molar-refractivity contribution is 5.91. The predicted molar refractivity (Wildman–Crippen MR) is 53.7 cm³/mol. The van der Waals surface area contributed by atoms with Crippen LogP contribution in [0.4, 0.5) is 0 Å². The van der Waals surface area contributed by atoms with E-state index >= 15 is 0 Å². The van der Waals surface area contributed by atoms with Gasteiger partial charge >= 0.3 is 0 Å². The number of carbonyl (C=O) groups is 1. The minimum atomic E-state index is -1.30. The van der Waals surface area contributed by atoms with E-state index in [-0.39, 0.29) is 11.7 Å². The fraction of sp³-hybridized carbons (Fsp3) is 0.417. The fourth-order valence-corrected chi connectivity index (χ4v) is 1.65. The molecule has 0 aromatic heterocycles. The Morgan fingerprint density at radius 3 is 2.43 bits per heavy atom. The molecule has 1 fully saturated rings. The zero-order valence-corrected chi connectivity index (χ0v) is 8.23. The van der Waals surface area contributed by atoms with Crippen molar-refractivity contribution >= 4 is 5.78 Å². The maximum absolute atomic E-state index is 11.8. The molecule has 2 heteroatoms. The van der Waals surface area contributed by atoms with E-state index in [0.29, 0.717) is 5.56 Å². The third-order valence-electron chi connectivity index (χ3n) is 2.76. The smallest absolute Gasteiger partial charge is 0.171 e. The highest BCUT2D eigenvalue weighted by Gasteiger charge is 2.42. The fourth-order valence-electron chi connectivity index (χ4n) is 1.65. The first kappa shape index (κ1) is 9.41. The van der Waals surface area contributed by atoms with Gasteiger partial charge in [0.15, 0.2) is 5.78 Å². The molecule has 2 nitrogen and oxygen atoms in total. The first-order valence-electron chi connectivity index (χ1n) is 4.94. The Labute approximate surface area is 83.6 Å². The Morgan fingerprint density at radius 1 is 1.36 bits per heavy atom. The predicted octanol–water partition coefficient (Wildman–Crippen LogP) is 1.87. The summed E-state index contributed by atoms with van der Waals surface area (Å²) < 4.78 is 0. The topological polar surface area (TPSA) is 37.3 Å². The molecule has 1 aromatic carbocycles. The summed E-state index contributed by atoms with van der Waals surface area (Å²) in [7, 11) is 0. The van der Waals surface area contributed by atoms with E-state index in [2.05, 4.69) is 0 Å². The van der Waals surface area contributed by atoms with Gasteiger partial charge in [-0.15, -0.1) is 0 Å². The average Bonchev–Trinajstić information content (AvgIpc) is 3.01. The number of hydrogen-bond donors (Lipinski definition) is 1. The van der Waals surface area contributed by atoms with Crippen LogP contribution in [-0.4, -0.2) is 10.9 Å². The largest absolute Gasteiger partial charge is 0.378 e. The molecule has 0 spiro atoms. The molecular formula is C12H14O2. The molecule has 0 saturated heterocycles. The van der Waals surface area contributed by atoms with E-state index in [4.69, 9.17) is 0 Å². The van der Waals surface area contributed by atoms with Gasteiger partial charge in [0.25, 0.3) is 0 Å². The third kappa shape index (κ3) is 1.58. The summed E-state index contributed by atoms with van der Waals surface area (Å²) in [4.78, 5) is 11.8. The quantitative estimate of drug-likeness (QED) is 0.790. The number of benzene rings is 1. The van der Waals surface area contributed by atoms with Crippen LogP contribution in [0.5, 0.6) is 0 Å². The maximum Gasteiger partial charge on any atom is 0.171 e. The Morgan fingerprint density at radius 2 is 1.93 bits per heavy atom. The Balaban J connectivity index is 2.27. The van der Waals surface area contributed by atoms with Crippen molar-refractivity contribution in [1.82, 2.24) is 0 Å². The Hall–Kier alpha value is -1.15. The maximum atomic E-state index is 11.8. The van der Waals surface area contributed by atoms with Crippen molar-refractivity contribution in [3.8, 4) is 0 Å². The zero-order valence-electron chi connectivity index (χ0n) is 8.23. The van der Waals surface area contributed by atoms with Gasteiger partial charge in [-0.1, -0.05) is 30.3 Å². The van der Waals surface area contributed by atoms with Gasteiger partial charge in [0.05, 0.1) is 0 Å². The zero-order chi connectivity index (χ0) is 10.2. The number of ketones is 1. The third-order valence-corrected chi connectivity index (χ3v) is 2.76. The summed E-state index contributed by atoms with van der Waals surface area (Å²) in [6.45, 7) is 1.59. The second kappa shape index (κ2) is 3.21. The first-order valence-corrected chi connectivity index (χ1v) is 4.94. The molecule has 0 unspecified atom stereocenters. The van der Waals surface area contributed by atoms with Crippen LogP contribution >= 0.6 is 0 Å². The summed E-state index contributed by atoms with van der Waals surface area (Å²) in [6.07, 6.45) is 1.86. The molecule has 1 atom stereocenters. The lowest BCUT2D eigenvalue weighted by Crippen LogP contribution is -2.33. The molecule has 1 aliphatic carbocycles. The summed E-state index contributed by atoms with van der Waals surface area (Å²) in [5, 5.41) is 10.1. The van der Waals surface area contributed by atoms with E-state index in [1.165, 1.54) is 0 Å². The van der Waals surface area contributed by atoms with E-state index in [1.54, 1.807) is 19.1 Å². The van der Waals surface area contributed by atoms with Crippen LogP contribution in [0.3, 0.4) is 0 Å². The van der Waals surface area contributed by atoms with Gasteiger partial charge in [0.1, 0.15) is 5.60 Å². The second-order valence-corrected chi connectivity index (χ2v) is 4.08. The standard InChI is InChI=1S/C12H14O2/c1-12(14,11(13)9-7-8-9)10-5-3-2-4-6-10/h2-6,9,14H,7-8H2,1H3/t12-/m1/s1. The van der Waals surface area contributed by atoms with Gasteiger partial charge in [0, 0.05) is 5.92 Å². The van der Waals surface area contributed by atoms with Crippen LogP contribution in [0.15, 0.2) is 30.3 Å². The van der Waals surface area contributed by atoms with Gasteiger partial charge in [-0.2, -0.15) is 0 Å². The van der Waals surface area contributed by atoms with Crippen molar-refractivity contribution in [3.63, 3.8) is 0 Å². The SMILES string of the molecule is C[C@](O)(C(=O)C1CC1)c1ccccc1. The van der Waals surface area contributed by atoms with Gasteiger partial charge in [-0.05, 0) is 25.3 Å². The van der Waals surface area contributed by atoms with Crippen LogP contribution < -0.4 is 0 Å². The Kier molecular flexibility index (Phi) is 2.16. The molecule has 1 aliphatic rings. The van der Waals surface area contributed by atoms with E-state index in [1.807, 2.05) is 18.2 Å². The van der Waals surface area contributed by atoms with Crippen molar-refractivity contribution in [2.45, 2.75) is 25.4 Å². The first-order chi connectivity index (χ1) is 6.62. The molecule has 0 heterocycles. The molecule has 0 bridgehead atoms. The monoisotopic (exact) mass is 190 g/mol. The number of rotatable bonds is 3. The van der Waals surface area contributed by atoms with Crippen LogP contribution in [0, 0.1) is 5.92 Å². The Bertz CT molecular complexity index is 337. The molecule has 74 valence electrons. The number of carbonyl (C=O) groups excluding carboxylic acids is 1. The van der Waals surface area contributed by atoms with Crippen molar-refractivity contribution in [2.24, 2.45) is 5.92 Å². The molecule has 0 radical (unpaired) electrons. The summed E-state index contributed by atoms with van der Waals surface area (Å²) in [5.74, 6) is 0.0499. The highest BCUT2D eigenvalue weighted by atomic mass is 16.3. The van der Waals surface area contributed by atoms with Crippen molar-refractivity contribution in [3.05, 3.63) is 35.9 Å². The molecule has 0 aliphatic heterocycles. The van der Waals surface area contributed by atoms with Crippen LogP contribution in [-0.2, 0) is 10.4 Å². The lowest BCUT2D eigenvalue weighted by Gasteiger charge is -2.21. The van der Waals surface area contributed by atoms with E-state index in [9.17, 15) is 9.90 Å². The minimum Gasteiger partial charge on any atom is -0.378 e. The number of Topliss-reactive ketones (excluding diaryl/α,β-unsaturated/α-hetero) is 1. The number of aliphatic hydroxyl groups is 1. The lowest BCUT2D eigenvalue weighted by atomic mass is 9.89. The molecule has 1 N–H and O–H groups in total. The molecule has 1 aromatic rings. The van der Waals surface area contributed by atoms with Crippen LogP contribution in [0.1, 0.15) is 25.3 Å². The van der Waals surface area contributed by atoms with Crippen molar-refractivity contribution in [1.29, 1.82) is 0 Å². The highest BCUT2D eigenvalue weighted by Crippen LogP contribution is 2.37. The van der Waals surface area contributed by atoms with Crippen LogP contribution in [0.2, 0.25) is 0 Å². The van der Waals surface area contributed by atoms with E-state index < -0.39 is 5.60 Å². The molecule has 2 rings (SSSR count). The summed E-state index contributed by atoms with van der Waals surface area (Å²) >= 11 is 0. The van der Waals surface area contributed by atoms with E-state index in [0.717, 1.165) is 12.8 Å². The summed E-state index contributed by atoms with van der Waals surface area (Å²) in [6, 6.07) is 9.13. The van der Waals surface area contributed by atoms with Crippen molar-refractivity contribution in [2.75, 3.05) is 0 Å². The second-order valence-electron chi connectivity index (χ2n) is 4.08. The molecule has 14 heavy (non-hydrogen) atoms. The molecular weight excluding hydrogens is 176 g/mol. The van der Waals surface area contributed by atoms with Gasteiger partial charge in [0.2, 0.25) is 0 Å².